The summed E-state index contributed by atoms with van der Waals surface area (Å²) < 4.78 is 28.7. The lowest BCUT2D eigenvalue weighted by atomic mass is 10.1. The first-order chi connectivity index (χ1) is 9.54. The third kappa shape index (κ3) is 3.83. The summed E-state index contributed by atoms with van der Waals surface area (Å²) in [7, 11) is 0. The van der Waals surface area contributed by atoms with Gasteiger partial charge in [0.2, 0.25) is 0 Å². The lowest BCUT2D eigenvalue weighted by Crippen LogP contribution is -2.03. The van der Waals surface area contributed by atoms with E-state index in [0.717, 1.165) is 11.1 Å². The summed E-state index contributed by atoms with van der Waals surface area (Å²) in [6.07, 6.45) is 0. The van der Waals surface area contributed by atoms with Crippen molar-refractivity contribution in [3.63, 3.8) is 0 Å². The number of hydrogen-bond donors (Lipinski definition) is 0. The fourth-order valence-corrected chi connectivity index (χ4v) is 1.74. The molecule has 0 atom stereocenters. The standard InChI is InChI=1S/C17H14F2O/c1-12-3-5-14(6-4-12)7-8-15-9-10-16(13(2)11-15)20-17(18)19/h3-6,9-11,17H,1-2H3. The van der Waals surface area contributed by atoms with Gasteiger partial charge in [0.05, 0.1) is 0 Å². The highest BCUT2D eigenvalue weighted by atomic mass is 19.3. The van der Waals surface area contributed by atoms with Gasteiger partial charge in [0.25, 0.3) is 0 Å². The minimum atomic E-state index is -2.81. The normalized spacial score (nSPS) is 10.1. The molecule has 0 amide bonds. The third-order valence-corrected chi connectivity index (χ3v) is 2.79. The van der Waals surface area contributed by atoms with Crippen molar-refractivity contribution in [3.05, 3.63) is 64.7 Å². The molecule has 20 heavy (non-hydrogen) atoms. The predicted molar refractivity (Wildman–Crippen MR) is 75.0 cm³/mol. The molecule has 0 fully saturated rings. The van der Waals surface area contributed by atoms with Crippen LogP contribution in [-0.2, 0) is 0 Å². The molecule has 0 N–H and O–H groups in total. The molecule has 0 unspecified atom stereocenters. The second-order valence-electron chi connectivity index (χ2n) is 4.47. The highest BCUT2D eigenvalue weighted by Gasteiger charge is 2.06. The summed E-state index contributed by atoms with van der Waals surface area (Å²) in [5.41, 5.74) is 3.51. The first-order valence-corrected chi connectivity index (χ1v) is 6.19. The maximum Gasteiger partial charge on any atom is 0.387 e. The topological polar surface area (TPSA) is 9.23 Å². The van der Waals surface area contributed by atoms with Crippen LogP contribution >= 0.6 is 0 Å². The molecule has 0 radical (unpaired) electrons. The third-order valence-electron chi connectivity index (χ3n) is 2.79. The van der Waals surface area contributed by atoms with E-state index < -0.39 is 6.61 Å². The van der Waals surface area contributed by atoms with Crippen LogP contribution in [-0.4, -0.2) is 6.61 Å². The molecule has 102 valence electrons. The van der Waals surface area contributed by atoms with E-state index in [0.29, 0.717) is 5.56 Å². The Bertz CT molecular complexity index is 649. The molecule has 0 saturated carbocycles. The molecule has 0 heterocycles. The predicted octanol–water partition coefficient (Wildman–Crippen LogP) is 4.30. The first kappa shape index (κ1) is 14.1. The largest absolute Gasteiger partial charge is 0.435 e. The Hall–Kier alpha value is -2.34. The molecule has 0 aliphatic rings. The lowest BCUT2D eigenvalue weighted by Gasteiger charge is -2.07. The van der Waals surface area contributed by atoms with Crippen molar-refractivity contribution in [2.45, 2.75) is 20.5 Å². The van der Waals surface area contributed by atoms with Gasteiger partial charge in [-0.1, -0.05) is 29.5 Å². The second kappa shape index (κ2) is 6.21. The summed E-state index contributed by atoms with van der Waals surface area (Å²) in [5.74, 6) is 6.23. The van der Waals surface area contributed by atoms with Gasteiger partial charge in [-0.3, -0.25) is 0 Å². The Morgan fingerprint density at radius 3 is 2.10 bits per heavy atom. The van der Waals surface area contributed by atoms with Gasteiger partial charge in [-0.2, -0.15) is 8.78 Å². The van der Waals surface area contributed by atoms with E-state index in [4.69, 9.17) is 0 Å². The van der Waals surface area contributed by atoms with Crippen molar-refractivity contribution >= 4 is 0 Å². The maximum atomic E-state index is 12.2. The Morgan fingerprint density at radius 1 is 0.900 bits per heavy atom. The van der Waals surface area contributed by atoms with Crippen LogP contribution in [0.3, 0.4) is 0 Å². The number of hydrogen-bond acceptors (Lipinski definition) is 1. The molecular formula is C17H14F2O. The second-order valence-corrected chi connectivity index (χ2v) is 4.47. The van der Waals surface area contributed by atoms with Gasteiger partial charge in [0, 0.05) is 11.1 Å². The fraction of sp³-hybridized carbons (Fsp3) is 0.176. The summed E-state index contributed by atoms with van der Waals surface area (Å²) in [6.45, 7) is 0.926. The van der Waals surface area contributed by atoms with Gasteiger partial charge >= 0.3 is 6.61 Å². The average molecular weight is 272 g/mol. The minimum absolute atomic E-state index is 0.181. The van der Waals surface area contributed by atoms with E-state index in [-0.39, 0.29) is 5.75 Å². The van der Waals surface area contributed by atoms with E-state index in [1.165, 1.54) is 11.6 Å². The average Bonchev–Trinajstić information content (AvgIpc) is 2.40. The molecule has 0 aliphatic heterocycles. The molecule has 3 heteroatoms. The van der Waals surface area contributed by atoms with Crippen LogP contribution in [0.5, 0.6) is 5.75 Å². The Balaban J connectivity index is 2.19. The van der Waals surface area contributed by atoms with Crippen LogP contribution < -0.4 is 4.74 Å². The molecule has 2 aromatic rings. The zero-order valence-electron chi connectivity index (χ0n) is 11.3. The highest BCUT2D eigenvalue weighted by molar-refractivity contribution is 5.47. The maximum absolute atomic E-state index is 12.2. The quantitative estimate of drug-likeness (QED) is 0.740. The zero-order chi connectivity index (χ0) is 14.5. The first-order valence-electron chi connectivity index (χ1n) is 6.19. The monoisotopic (exact) mass is 272 g/mol. The molecule has 2 rings (SSSR count). The summed E-state index contributed by atoms with van der Waals surface area (Å²) in [5, 5.41) is 0. The van der Waals surface area contributed by atoms with E-state index in [9.17, 15) is 8.78 Å². The number of rotatable bonds is 2. The van der Waals surface area contributed by atoms with E-state index in [1.54, 1.807) is 19.1 Å². The van der Waals surface area contributed by atoms with Crippen LogP contribution in [0.15, 0.2) is 42.5 Å². The number of benzene rings is 2. The van der Waals surface area contributed by atoms with Gasteiger partial charge in [0.15, 0.2) is 0 Å². The van der Waals surface area contributed by atoms with Crippen molar-refractivity contribution in [2.24, 2.45) is 0 Å². The number of aryl methyl sites for hydroxylation is 2. The number of alkyl halides is 2. The molecule has 0 saturated heterocycles. The van der Waals surface area contributed by atoms with Gasteiger partial charge in [0.1, 0.15) is 5.75 Å². The van der Waals surface area contributed by atoms with Gasteiger partial charge < -0.3 is 4.74 Å². The van der Waals surface area contributed by atoms with Crippen molar-refractivity contribution in [2.75, 3.05) is 0 Å². The Labute approximate surface area is 117 Å². The highest BCUT2D eigenvalue weighted by Crippen LogP contribution is 2.20. The van der Waals surface area contributed by atoms with Crippen molar-refractivity contribution in [1.82, 2.24) is 0 Å². The van der Waals surface area contributed by atoms with Crippen molar-refractivity contribution in [3.8, 4) is 17.6 Å². The minimum Gasteiger partial charge on any atom is -0.435 e. The molecule has 0 bridgehead atoms. The summed E-state index contributed by atoms with van der Waals surface area (Å²) in [4.78, 5) is 0. The van der Waals surface area contributed by atoms with E-state index in [1.807, 2.05) is 31.2 Å². The molecule has 1 nitrogen and oxygen atoms in total. The van der Waals surface area contributed by atoms with Crippen LogP contribution in [0.25, 0.3) is 0 Å². The SMILES string of the molecule is Cc1ccc(C#Cc2ccc(OC(F)F)c(C)c2)cc1. The van der Waals surface area contributed by atoms with Crippen LogP contribution in [0.4, 0.5) is 8.78 Å². The number of halogens is 2. The zero-order valence-corrected chi connectivity index (χ0v) is 11.3. The summed E-state index contributed by atoms with van der Waals surface area (Å²) >= 11 is 0. The van der Waals surface area contributed by atoms with Crippen molar-refractivity contribution < 1.29 is 13.5 Å². The Kier molecular flexibility index (Phi) is 4.37. The fourth-order valence-electron chi connectivity index (χ4n) is 1.74. The molecule has 0 aromatic heterocycles. The van der Waals surface area contributed by atoms with Gasteiger partial charge in [-0.15, -0.1) is 0 Å². The van der Waals surface area contributed by atoms with Crippen LogP contribution in [0.1, 0.15) is 22.3 Å². The van der Waals surface area contributed by atoms with Crippen LogP contribution in [0, 0.1) is 25.7 Å². The molecule has 0 aliphatic carbocycles. The Morgan fingerprint density at radius 2 is 1.50 bits per heavy atom. The molecule has 0 spiro atoms. The van der Waals surface area contributed by atoms with Crippen molar-refractivity contribution in [1.29, 1.82) is 0 Å². The lowest BCUT2D eigenvalue weighted by molar-refractivity contribution is -0.0502. The number of ether oxygens (including phenoxy) is 1. The van der Waals surface area contributed by atoms with Gasteiger partial charge in [-0.05, 0) is 49.7 Å². The van der Waals surface area contributed by atoms with E-state index >= 15 is 0 Å². The van der Waals surface area contributed by atoms with Gasteiger partial charge in [-0.25, -0.2) is 0 Å². The molecule has 2 aromatic carbocycles. The smallest absolute Gasteiger partial charge is 0.387 e. The van der Waals surface area contributed by atoms with Crippen LogP contribution in [0.2, 0.25) is 0 Å². The molecular weight excluding hydrogens is 258 g/mol. The van der Waals surface area contributed by atoms with E-state index in [2.05, 4.69) is 16.6 Å². The summed E-state index contributed by atoms with van der Waals surface area (Å²) in [6, 6.07) is 12.8.